The summed E-state index contributed by atoms with van der Waals surface area (Å²) < 4.78 is 5.34. The molecule has 0 radical (unpaired) electrons. The number of ether oxygens (including phenoxy) is 1. The van der Waals surface area contributed by atoms with Gasteiger partial charge in [-0.15, -0.1) is 0 Å². The van der Waals surface area contributed by atoms with Crippen molar-refractivity contribution in [2.45, 2.75) is 12.8 Å². The Labute approximate surface area is 162 Å². The van der Waals surface area contributed by atoms with Crippen LogP contribution in [0.4, 0.5) is 10.5 Å². The van der Waals surface area contributed by atoms with Crippen molar-refractivity contribution in [3.05, 3.63) is 70.3 Å². The summed E-state index contributed by atoms with van der Waals surface area (Å²) in [5.74, 6) is 0.522. The fraction of sp³-hybridized carbons (Fsp3) is 0.300. The zero-order valence-corrected chi connectivity index (χ0v) is 15.2. The highest BCUT2D eigenvalue weighted by atomic mass is 16.6. The number of piperidine rings is 1. The van der Waals surface area contributed by atoms with E-state index >= 15 is 0 Å². The van der Waals surface area contributed by atoms with E-state index in [2.05, 4.69) is 5.32 Å². The third-order valence-corrected chi connectivity index (χ3v) is 4.71. The number of hydrogen-bond donors (Lipinski definition) is 1. The second-order valence-corrected chi connectivity index (χ2v) is 6.63. The van der Waals surface area contributed by atoms with Crippen molar-refractivity contribution in [3.8, 4) is 5.75 Å². The number of hydrogen-bond acceptors (Lipinski definition) is 5. The number of nitro groups is 1. The molecule has 0 aliphatic carbocycles. The lowest BCUT2D eigenvalue weighted by molar-refractivity contribution is -0.384. The summed E-state index contributed by atoms with van der Waals surface area (Å²) in [5.41, 5.74) is 0.334. The zero-order valence-electron chi connectivity index (χ0n) is 15.2. The first-order valence-electron chi connectivity index (χ1n) is 9.07. The van der Waals surface area contributed by atoms with Crippen LogP contribution >= 0.6 is 0 Å². The van der Waals surface area contributed by atoms with E-state index in [4.69, 9.17) is 4.74 Å². The van der Waals surface area contributed by atoms with E-state index in [1.54, 1.807) is 17.0 Å². The number of nitrogens with one attached hydrogen (secondary N) is 1. The SMILES string of the molecule is O=C(NCC1CCN(C(=O)Oc2ccccc2)CC1)c1ccc([N+](=O)[O-])cc1. The Balaban J connectivity index is 1.42. The lowest BCUT2D eigenvalue weighted by atomic mass is 9.97. The zero-order chi connectivity index (χ0) is 19.9. The van der Waals surface area contributed by atoms with Crippen LogP contribution in [0.15, 0.2) is 54.6 Å². The molecule has 1 aliphatic rings. The van der Waals surface area contributed by atoms with Gasteiger partial charge in [-0.1, -0.05) is 18.2 Å². The molecule has 0 atom stereocenters. The second-order valence-electron chi connectivity index (χ2n) is 6.63. The van der Waals surface area contributed by atoms with Gasteiger partial charge in [0, 0.05) is 37.3 Å². The molecule has 8 nitrogen and oxygen atoms in total. The van der Waals surface area contributed by atoms with E-state index in [0.29, 0.717) is 30.9 Å². The molecule has 3 rings (SSSR count). The Kier molecular flexibility index (Phi) is 6.21. The number of amides is 2. The van der Waals surface area contributed by atoms with Crippen LogP contribution in [-0.2, 0) is 0 Å². The third kappa shape index (κ3) is 5.06. The standard InChI is InChI=1S/C20H21N3O5/c24-19(16-6-8-17(9-7-16)23(26)27)21-14-15-10-12-22(13-11-15)20(25)28-18-4-2-1-3-5-18/h1-9,15H,10-14H2,(H,21,24). The second kappa shape index (κ2) is 8.98. The van der Waals surface area contributed by atoms with Gasteiger partial charge in [-0.25, -0.2) is 4.79 Å². The van der Waals surface area contributed by atoms with Gasteiger partial charge in [-0.05, 0) is 43.0 Å². The quantitative estimate of drug-likeness (QED) is 0.631. The van der Waals surface area contributed by atoms with Gasteiger partial charge >= 0.3 is 6.09 Å². The van der Waals surface area contributed by atoms with Gasteiger partial charge in [0.1, 0.15) is 5.75 Å². The van der Waals surface area contributed by atoms with Crippen LogP contribution in [0.5, 0.6) is 5.75 Å². The number of carbonyl (C=O) groups is 2. The molecule has 8 heteroatoms. The van der Waals surface area contributed by atoms with E-state index < -0.39 is 4.92 Å². The monoisotopic (exact) mass is 383 g/mol. The summed E-state index contributed by atoms with van der Waals surface area (Å²) in [6, 6.07) is 14.4. The summed E-state index contributed by atoms with van der Waals surface area (Å²) in [6.07, 6.45) is 1.18. The molecule has 1 saturated heterocycles. The van der Waals surface area contributed by atoms with Crippen molar-refractivity contribution in [1.82, 2.24) is 10.2 Å². The van der Waals surface area contributed by atoms with Crippen LogP contribution in [0.25, 0.3) is 0 Å². The number of carbonyl (C=O) groups excluding carboxylic acids is 2. The first kappa shape index (κ1) is 19.3. The third-order valence-electron chi connectivity index (χ3n) is 4.71. The summed E-state index contributed by atoms with van der Waals surface area (Å²) in [7, 11) is 0. The molecule has 28 heavy (non-hydrogen) atoms. The first-order valence-corrected chi connectivity index (χ1v) is 9.07. The van der Waals surface area contributed by atoms with E-state index in [-0.39, 0.29) is 23.6 Å². The summed E-state index contributed by atoms with van der Waals surface area (Å²) >= 11 is 0. The Morgan fingerprint density at radius 2 is 1.71 bits per heavy atom. The van der Waals surface area contributed by atoms with Gasteiger partial charge in [0.2, 0.25) is 0 Å². The topological polar surface area (TPSA) is 102 Å². The number of nitrogens with zero attached hydrogens (tertiary/aromatic N) is 2. The summed E-state index contributed by atoms with van der Waals surface area (Å²) in [5, 5.41) is 13.5. The van der Waals surface area contributed by atoms with Crippen molar-refractivity contribution in [2.75, 3.05) is 19.6 Å². The van der Waals surface area contributed by atoms with Crippen molar-refractivity contribution < 1.29 is 19.2 Å². The number of para-hydroxylation sites is 1. The van der Waals surface area contributed by atoms with Crippen LogP contribution in [0.1, 0.15) is 23.2 Å². The normalized spacial score (nSPS) is 14.4. The van der Waals surface area contributed by atoms with E-state index in [1.807, 2.05) is 18.2 Å². The number of nitro benzene ring substituents is 1. The maximum absolute atomic E-state index is 12.2. The molecule has 0 spiro atoms. The maximum atomic E-state index is 12.2. The molecule has 0 bridgehead atoms. The molecule has 1 N–H and O–H groups in total. The van der Waals surface area contributed by atoms with Crippen molar-refractivity contribution in [3.63, 3.8) is 0 Å². The van der Waals surface area contributed by atoms with Gasteiger partial charge in [0.15, 0.2) is 0 Å². The lowest BCUT2D eigenvalue weighted by Gasteiger charge is -2.31. The van der Waals surface area contributed by atoms with Crippen LogP contribution in [0, 0.1) is 16.0 Å². The molecule has 146 valence electrons. The first-order chi connectivity index (χ1) is 13.5. The highest BCUT2D eigenvalue weighted by Gasteiger charge is 2.24. The molecule has 2 aromatic rings. The Hall–Kier alpha value is -3.42. The van der Waals surface area contributed by atoms with Crippen molar-refractivity contribution in [1.29, 1.82) is 0 Å². The fourth-order valence-electron chi connectivity index (χ4n) is 3.05. The smallest absolute Gasteiger partial charge is 0.410 e. The number of likely N-dealkylation sites (tertiary alicyclic amines) is 1. The highest BCUT2D eigenvalue weighted by Crippen LogP contribution is 2.19. The molecule has 0 saturated carbocycles. The maximum Gasteiger partial charge on any atom is 0.415 e. The minimum atomic E-state index is -0.502. The average Bonchev–Trinajstić information content (AvgIpc) is 2.73. The van der Waals surface area contributed by atoms with E-state index in [9.17, 15) is 19.7 Å². The van der Waals surface area contributed by atoms with Crippen LogP contribution in [0.2, 0.25) is 0 Å². The molecule has 0 aromatic heterocycles. The predicted octanol–water partition coefficient (Wildman–Crippen LogP) is 3.24. The highest BCUT2D eigenvalue weighted by molar-refractivity contribution is 5.94. The minimum Gasteiger partial charge on any atom is -0.410 e. The molecule has 1 fully saturated rings. The van der Waals surface area contributed by atoms with E-state index in [0.717, 1.165) is 12.8 Å². The van der Waals surface area contributed by atoms with Crippen LogP contribution in [0.3, 0.4) is 0 Å². The molecule has 2 amide bonds. The number of rotatable bonds is 5. The molecule has 1 heterocycles. The molecular weight excluding hydrogens is 362 g/mol. The predicted molar refractivity (Wildman–Crippen MR) is 102 cm³/mol. The van der Waals surface area contributed by atoms with Crippen LogP contribution < -0.4 is 10.1 Å². The number of non-ortho nitro benzene ring substituents is 1. The van der Waals surface area contributed by atoms with Gasteiger partial charge < -0.3 is 15.0 Å². The Bertz CT molecular complexity index is 831. The fourth-order valence-corrected chi connectivity index (χ4v) is 3.05. The van der Waals surface area contributed by atoms with Gasteiger partial charge in [-0.2, -0.15) is 0 Å². The molecule has 0 unspecified atom stereocenters. The molecule has 2 aromatic carbocycles. The van der Waals surface area contributed by atoms with Gasteiger partial charge in [-0.3, -0.25) is 14.9 Å². The average molecular weight is 383 g/mol. The van der Waals surface area contributed by atoms with Crippen LogP contribution in [-0.4, -0.2) is 41.5 Å². The summed E-state index contributed by atoms with van der Waals surface area (Å²) in [4.78, 5) is 36.2. The summed E-state index contributed by atoms with van der Waals surface area (Å²) in [6.45, 7) is 1.64. The van der Waals surface area contributed by atoms with E-state index in [1.165, 1.54) is 24.3 Å². The molecular formula is C20H21N3O5. The number of benzene rings is 2. The van der Waals surface area contributed by atoms with Gasteiger partial charge in [0.25, 0.3) is 11.6 Å². The van der Waals surface area contributed by atoms with Gasteiger partial charge in [0.05, 0.1) is 4.92 Å². The Morgan fingerprint density at radius 3 is 2.32 bits per heavy atom. The Morgan fingerprint density at radius 1 is 1.07 bits per heavy atom. The van der Waals surface area contributed by atoms with Crippen molar-refractivity contribution >= 4 is 17.7 Å². The van der Waals surface area contributed by atoms with Crippen molar-refractivity contribution in [2.24, 2.45) is 5.92 Å². The lowest BCUT2D eigenvalue weighted by Crippen LogP contribution is -2.42. The minimum absolute atomic E-state index is 0.0497. The largest absolute Gasteiger partial charge is 0.415 e. The molecule has 1 aliphatic heterocycles.